The van der Waals surface area contributed by atoms with Gasteiger partial charge in [0.1, 0.15) is 6.17 Å². The fraction of sp³-hybridized carbons (Fsp3) is 0.750. The first-order valence-electron chi connectivity index (χ1n) is 4.00. The quantitative estimate of drug-likeness (QED) is 0.536. The van der Waals surface area contributed by atoms with Gasteiger partial charge in [0.2, 0.25) is 0 Å². The predicted molar refractivity (Wildman–Crippen MR) is 47.0 cm³/mol. The Balaban J connectivity index is 2.52. The van der Waals surface area contributed by atoms with Crippen LogP contribution in [0.2, 0.25) is 0 Å². The van der Waals surface area contributed by atoms with Gasteiger partial charge in [-0.15, -0.1) is 0 Å². The molecule has 12 heavy (non-hydrogen) atoms. The number of hydrogen-bond acceptors (Lipinski definition) is 1. The molecule has 1 aliphatic carbocycles. The Hall–Kier alpha value is -0.220. The van der Waals surface area contributed by atoms with Crippen LogP contribution in [0.4, 0.5) is 4.39 Å². The molecule has 1 N–H and O–H groups in total. The molecule has 1 fully saturated rings. The topological polar surface area (TPSA) is 37.3 Å². The van der Waals surface area contributed by atoms with Crippen LogP contribution < -0.4 is 0 Å². The number of halogens is 1. The van der Waals surface area contributed by atoms with Crippen molar-refractivity contribution >= 4 is 11.1 Å². The smallest absolute Gasteiger partial charge is 0.153 e. The standard InChI is InChI=1S/C8H13FO2S/c1-6-3-2-4-7(8(6)9)5-12(10)11/h7-8H,1-5H2,(H,10,11). The Labute approximate surface area is 74.1 Å². The average molecular weight is 192 g/mol. The number of hydrogen-bond donors (Lipinski definition) is 1. The van der Waals surface area contributed by atoms with Crippen molar-refractivity contribution in [2.45, 2.75) is 25.4 Å². The maximum atomic E-state index is 13.3. The Morgan fingerprint density at radius 3 is 3.00 bits per heavy atom. The molecule has 1 saturated carbocycles. The van der Waals surface area contributed by atoms with Gasteiger partial charge >= 0.3 is 0 Å². The van der Waals surface area contributed by atoms with E-state index in [9.17, 15) is 8.60 Å². The molecule has 0 spiro atoms. The fourth-order valence-corrected chi connectivity index (χ4v) is 2.26. The van der Waals surface area contributed by atoms with E-state index in [1.165, 1.54) is 0 Å². The molecule has 1 rings (SSSR count). The van der Waals surface area contributed by atoms with Crippen LogP contribution in [0.1, 0.15) is 19.3 Å². The zero-order chi connectivity index (χ0) is 9.14. The summed E-state index contributed by atoms with van der Waals surface area (Å²) in [4.78, 5) is 0. The molecular weight excluding hydrogens is 179 g/mol. The van der Waals surface area contributed by atoms with Crippen LogP contribution in [0.15, 0.2) is 12.2 Å². The minimum Gasteiger partial charge on any atom is -0.306 e. The Bertz CT molecular complexity index is 205. The van der Waals surface area contributed by atoms with Gasteiger partial charge in [0.15, 0.2) is 11.1 Å². The minimum atomic E-state index is -1.88. The van der Waals surface area contributed by atoms with Crippen LogP contribution in [0.3, 0.4) is 0 Å². The molecule has 3 unspecified atom stereocenters. The molecule has 2 nitrogen and oxygen atoms in total. The molecule has 1 aliphatic rings. The lowest BCUT2D eigenvalue weighted by molar-refractivity contribution is 0.238. The Morgan fingerprint density at radius 2 is 2.42 bits per heavy atom. The van der Waals surface area contributed by atoms with Crippen molar-refractivity contribution < 1.29 is 13.2 Å². The van der Waals surface area contributed by atoms with E-state index < -0.39 is 17.3 Å². The predicted octanol–water partition coefficient (Wildman–Crippen LogP) is 1.90. The number of allylic oxidation sites excluding steroid dienone is 1. The highest BCUT2D eigenvalue weighted by Crippen LogP contribution is 2.30. The second-order valence-electron chi connectivity index (χ2n) is 3.20. The summed E-state index contributed by atoms with van der Waals surface area (Å²) < 4.78 is 32.3. The van der Waals surface area contributed by atoms with Crippen molar-refractivity contribution in [2.75, 3.05) is 5.75 Å². The Kier molecular flexibility index (Phi) is 3.40. The first-order valence-corrected chi connectivity index (χ1v) is 5.28. The summed E-state index contributed by atoms with van der Waals surface area (Å²) in [7, 11) is 0. The van der Waals surface area contributed by atoms with Crippen LogP contribution in [0.25, 0.3) is 0 Å². The van der Waals surface area contributed by atoms with E-state index in [-0.39, 0.29) is 11.7 Å². The molecule has 70 valence electrons. The highest BCUT2D eigenvalue weighted by Gasteiger charge is 2.28. The van der Waals surface area contributed by atoms with Crippen molar-refractivity contribution in [3.05, 3.63) is 12.2 Å². The zero-order valence-electron chi connectivity index (χ0n) is 6.83. The number of alkyl halides is 1. The van der Waals surface area contributed by atoms with Crippen molar-refractivity contribution in [3.63, 3.8) is 0 Å². The van der Waals surface area contributed by atoms with E-state index in [1.807, 2.05) is 0 Å². The summed E-state index contributed by atoms with van der Waals surface area (Å²) in [5, 5.41) is 0. The second-order valence-corrected chi connectivity index (χ2v) is 4.18. The van der Waals surface area contributed by atoms with E-state index in [0.29, 0.717) is 12.0 Å². The van der Waals surface area contributed by atoms with Crippen LogP contribution >= 0.6 is 0 Å². The molecular formula is C8H13FO2S. The monoisotopic (exact) mass is 192 g/mol. The third-order valence-electron chi connectivity index (χ3n) is 2.23. The van der Waals surface area contributed by atoms with Gasteiger partial charge in [-0.05, 0) is 24.8 Å². The first-order chi connectivity index (χ1) is 5.61. The van der Waals surface area contributed by atoms with Gasteiger partial charge < -0.3 is 4.55 Å². The SMILES string of the molecule is C=C1CCCC(CS(=O)O)C1F. The van der Waals surface area contributed by atoms with Gasteiger partial charge in [-0.25, -0.2) is 8.60 Å². The van der Waals surface area contributed by atoms with E-state index >= 15 is 0 Å². The normalized spacial score (nSPS) is 33.3. The Morgan fingerprint density at radius 1 is 1.75 bits per heavy atom. The third-order valence-corrected chi connectivity index (χ3v) is 2.95. The summed E-state index contributed by atoms with van der Waals surface area (Å²) >= 11 is -1.88. The highest BCUT2D eigenvalue weighted by molar-refractivity contribution is 7.79. The maximum Gasteiger partial charge on any atom is 0.153 e. The average Bonchev–Trinajstić information content (AvgIpc) is 1.98. The summed E-state index contributed by atoms with van der Waals surface area (Å²) in [6, 6.07) is 0. The van der Waals surface area contributed by atoms with Gasteiger partial charge in [-0.3, -0.25) is 0 Å². The van der Waals surface area contributed by atoms with Crippen molar-refractivity contribution in [1.82, 2.24) is 0 Å². The zero-order valence-corrected chi connectivity index (χ0v) is 7.65. The lowest BCUT2D eigenvalue weighted by Gasteiger charge is -2.26. The van der Waals surface area contributed by atoms with Crippen LogP contribution in [0, 0.1) is 5.92 Å². The summed E-state index contributed by atoms with van der Waals surface area (Å²) in [6.45, 7) is 3.60. The van der Waals surface area contributed by atoms with E-state index in [4.69, 9.17) is 4.55 Å². The molecule has 0 aliphatic heterocycles. The van der Waals surface area contributed by atoms with Gasteiger partial charge in [-0.1, -0.05) is 6.58 Å². The number of rotatable bonds is 2. The van der Waals surface area contributed by atoms with Crippen LogP contribution in [-0.2, 0) is 11.1 Å². The van der Waals surface area contributed by atoms with Crippen molar-refractivity contribution in [2.24, 2.45) is 5.92 Å². The van der Waals surface area contributed by atoms with Gasteiger partial charge in [0.25, 0.3) is 0 Å². The highest BCUT2D eigenvalue weighted by atomic mass is 32.2. The van der Waals surface area contributed by atoms with Crippen LogP contribution in [0.5, 0.6) is 0 Å². The lowest BCUT2D eigenvalue weighted by atomic mass is 9.86. The summed E-state index contributed by atoms with van der Waals surface area (Å²) in [5.74, 6) is -0.253. The lowest BCUT2D eigenvalue weighted by Crippen LogP contribution is -2.27. The molecule has 0 heterocycles. The fourth-order valence-electron chi connectivity index (χ4n) is 1.56. The van der Waals surface area contributed by atoms with Crippen molar-refractivity contribution in [3.8, 4) is 0 Å². The molecule has 3 atom stereocenters. The molecule has 0 aromatic rings. The molecule has 0 bridgehead atoms. The molecule has 0 aromatic carbocycles. The van der Waals surface area contributed by atoms with Gasteiger partial charge in [0.05, 0.1) is 5.75 Å². The van der Waals surface area contributed by atoms with E-state index in [1.54, 1.807) is 0 Å². The molecule has 4 heteroatoms. The van der Waals surface area contributed by atoms with Gasteiger partial charge in [0, 0.05) is 5.92 Å². The third kappa shape index (κ3) is 2.38. The molecule has 0 aromatic heterocycles. The molecule has 0 amide bonds. The largest absolute Gasteiger partial charge is 0.306 e. The van der Waals surface area contributed by atoms with Crippen molar-refractivity contribution in [1.29, 1.82) is 0 Å². The second kappa shape index (κ2) is 4.14. The minimum absolute atomic E-state index is 0.0419. The van der Waals surface area contributed by atoms with Crippen LogP contribution in [-0.4, -0.2) is 20.7 Å². The van der Waals surface area contributed by atoms with Gasteiger partial charge in [-0.2, -0.15) is 0 Å². The first kappa shape index (κ1) is 9.86. The molecule has 0 radical (unpaired) electrons. The summed E-state index contributed by atoms with van der Waals surface area (Å²) in [5.41, 5.74) is 0.580. The van der Waals surface area contributed by atoms with E-state index in [2.05, 4.69) is 6.58 Å². The summed E-state index contributed by atoms with van der Waals surface area (Å²) in [6.07, 6.45) is 1.23. The maximum absolute atomic E-state index is 13.3. The van der Waals surface area contributed by atoms with E-state index in [0.717, 1.165) is 12.8 Å². The molecule has 0 saturated heterocycles.